The number of halogens is 2. The number of benzene rings is 1. The molecule has 2 aliphatic heterocycles. The molecule has 5 nitrogen and oxygen atoms in total. The van der Waals surface area contributed by atoms with Gasteiger partial charge < -0.3 is 4.90 Å². The fourth-order valence-electron chi connectivity index (χ4n) is 3.31. The monoisotopic (exact) mass is 376 g/mol. The predicted molar refractivity (Wildman–Crippen MR) is 91.1 cm³/mol. The van der Waals surface area contributed by atoms with Crippen molar-refractivity contribution < 1.29 is 13.2 Å². The highest BCUT2D eigenvalue weighted by Gasteiger charge is 2.47. The Bertz CT molecular complexity index is 743. The molecule has 0 spiro atoms. The average Bonchev–Trinajstić information content (AvgIpc) is 2.80. The lowest BCUT2D eigenvalue weighted by atomic mass is 10.0. The molecular formula is C15H18Cl2N2O3S. The number of hydrogen-bond acceptors (Lipinski definition) is 4. The van der Waals surface area contributed by atoms with Crippen molar-refractivity contribution in [2.45, 2.75) is 19.0 Å². The van der Waals surface area contributed by atoms with Crippen LogP contribution in [0.15, 0.2) is 12.1 Å². The molecule has 0 bridgehead atoms. The summed E-state index contributed by atoms with van der Waals surface area (Å²) >= 11 is 12.2. The summed E-state index contributed by atoms with van der Waals surface area (Å²) in [4.78, 5) is 16.6. The van der Waals surface area contributed by atoms with Crippen LogP contribution in [0.3, 0.4) is 0 Å². The Hall–Kier alpha value is -0.820. The third-order valence-electron chi connectivity index (χ3n) is 4.74. The second-order valence-corrected chi connectivity index (χ2v) is 9.22. The maximum Gasteiger partial charge on any atom is 0.254 e. The topological polar surface area (TPSA) is 57.7 Å². The maximum atomic E-state index is 12.9. The third-order valence-corrected chi connectivity index (χ3v) is 7.23. The minimum Gasteiger partial charge on any atom is -0.332 e. The van der Waals surface area contributed by atoms with E-state index in [2.05, 4.69) is 0 Å². The molecule has 0 N–H and O–H groups in total. The minimum atomic E-state index is -3.12. The van der Waals surface area contributed by atoms with Gasteiger partial charge in [-0.15, -0.1) is 0 Å². The van der Waals surface area contributed by atoms with Crippen LogP contribution >= 0.6 is 23.2 Å². The first kappa shape index (κ1) is 17.0. The van der Waals surface area contributed by atoms with E-state index in [1.54, 1.807) is 24.0 Å². The number of rotatable bonds is 1. The standard InChI is InChI=1S/C15H18Cl2N2O3S/c1-9-11(16)5-10(6-12(9)17)15(20)19-4-3-18(2)13-7-23(21,22)8-14(13)19/h5-6,13-14H,3-4,7-8H2,1-2H3/t13-,14+/m1/s1. The van der Waals surface area contributed by atoms with E-state index in [4.69, 9.17) is 23.2 Å². The molecule has 0 unspecified atom stereocenters. The highest BCUT2D eigenvalue weighted by molar-refractivity contribution is 7.91. The molecule has 0 radical (unpaired) electrons. The van der Waals surface area contributed by atoms with E-state index in [-0.39, 0.29) is 29.5 Å². The largest absolute Gasteiger partial charge is 0.332 e. The molecule has 0 aromatic heterocycles. The van der Waals surface area contributed by atoms with E-state index < -0.39 is 9.84 Å². The lowest BCUT2D eigenvalue weighted by Crippen LogP contribution is -2.59. The van der Waals surface area contributed by atoms with Gasteiger partial charge in [0.05, 0.1) is 17.5 Å². The zero-order valence-corrected chi connectivity index (χ0v) is 15.2. The van der Waals surface area contributed by atoms with Crippen molar-refractivity contribution in [2.75, 3.05) is 31.6 Å². The van der Waals surface area contributed by atoms with Gasteiger partial charge in [-0.2, -0.15) is 0 Å². The number of amides is 1. The van der Waals surface area contributed by atoms with Gasteiger partial charge in [-0.05, 0) is 31.7 Å². The van der Waals surface area contributed by atoms with Crippen molar-refractivity contribution in [2.24, 2.45) is 0 Å². The van der Waals surface area contributed by atoms with Crippen LogP contribution in [0.2, 0.25) is 10.0 Å². The summed E-state index contributed by atoms with van der Waals surface area (Å²) in [6, 6.07) is 2.74. The highest BCUT2D eigenvalue weighted by atomic mass is 35.5. The summed E-state index contributed by atoms with van der Waals surface area (Å²) in [6.45, 7) is 2.93. The van der Waals surface area contributed by atoms with E-state index >= 15 is 0 Å². The SMILES string of the molecule is Cc1c(Cl)cc(C(=O)N2CCN(C)[C@@H]3CS(=O)(=O)C[C@@H]32)cc1Cl. The van der Waals surface area contributed by atoms with E-state index in [9.17, 15) is 13.2 Å². The number of nitrogens with zero attached hydrogens (tertiary/aromatic N) is 2. The van der Waals surface area contributed by atoms with Gasteiger partial charge in [0, 0.05) is 34.7 Å². The molecule has 3 rings (SSSR count). The predicted octanol–water partition coefficient (Wildman–Crippen LogP) is 1.86. The summed E-state index contributed by atoms with van der Waals surface area (Å²) in [7, 11) is -1.22. The first-order valence-corrected chi connectivity index (χ1v) is 9.94. The van der Waals surface area contributed by atoms with Gasteiger partial charge in [-0.1, -0.05) is 23.2 Å². The van der Waals surface area contributed by atoms with Crippen molar-refractivity contribution in [1.82, 2.24) is 9.80 Å². The molecule has 2 aliphatic rings. The van der Waals surface area contributed by atoms with Crippen molar-refractivity contribution in [3.8, 4) is 0 Å². The third kappa shape index (κ3) is 3.09. The van der Waals surface area contributed by atoms with Crippen LogP contribution in [0.5, 0.6) is 0 Å². The molecule has 2 atom stereocenters. The molecular weight excluding hydrogens is 359 g/mol. The first-order chi connectivity index (χ1) is 10.7. The maximum absolute atomic E-state index is 12.9. The van der Waals surface area contributed by atoms with Crippen LogP contribution in [0.25, 0.3) is 0 Å². The van der Waals surface area contributed by atoms with E-state index in [0.717, 1.165) is 5.56 Å². The molecule has 2 saturated heterocycles. The number of hydrogen-bond donors (Lipinski definition) is 0. The number of sulfone groups is 1. The molecule has 1 aromatic rings. The molecule has 0 aliphatic carbocycles. The fourth-order valence-corrected chi connectivity index (χ4v) is 5.86. The smallest absolute Gasteiger partial charge is 0.254 e. The number of carbonyl (C=O) groups is 1. The van der Waals surface area contributed by atoms with Crippen LogP contribution in [0, 0.1) is 6.92 Å². The number of fused-ring (bicyclic) bond motifs is 1. The van der Waals surface area contributed by atoms with Crippen LogP contribution in [0.4, 0.5) is 0 Å². The Morgan fingerprint density at radius 2 is 1.70 bits per heavy atom. The lowest BCUT2D eigenvalue weighted by molar-refractivity contribution is 0.0410. The fraction of sp³-hybridized carbons (Fsp3) is 0.533. The zero-order valence-electron chi connectivity index (χ0n) is 12.9. The van der Waals surface area contributed by atoms with Gasteiger partial charge in [0.2, 0.25) is 0 Å². The molecule has 2 heterocycles. The number of carbonyl (C=O) groups excluding carboxylic acids is 1. The van der Waals surface area contributed by atoms with E-state index in [1.165, 1.54) is 0 Å². The molecule has 8 heteroatoms. The Balaban J connectivity index is 1.93. The lowest BCUT2D eigenvalue weighted by Gasteiger charge is -2.42. The minimum absolute atomic E-state index is 0.0150. The molecule has 2 fully saturated rings. The molecule has 126 valence electrons. The van der Waals surface area contributed by atoms with Crippen molar-refractivity contribution >= 4 is 38.9 Å². The second kappa shape index (κ2) is 5.92. The van der Waals surface area contributed by atoms with Gasteiger partial charge in [0.15, 0.2) is 9.84 Å². The Morgan fingerprint density at radius 1 is 1.13 bits per heavy atom. The molecule has 0 saturated carbocycles. The summed E-state index contributed by atoms with van der Waals surface area (Å²) in [5.41, 5.74) is 1.13. The van der Waals surface area contributed by atoms with Gasteiger partial charge in [-0.3, -0.25) is 9.69 Å². The summed E-state index contributed by atoms with van der Waals surface area (Å²) in [6.07, 6.45) is 0. The zero-order chi connectivity index (χ0) is 16.9. The molecule has 1 aromatic carbocycles. The summed E-state index contributed by atoms with van der Waals surface area (Å²) in [5, 5.41) is 0.871. The Morgan fingerprint density at radius 3 is 2.30 bits per heavy atom. The van der Waals surface area contributed by atoms with Crippen molar-refractivity contribution in [3.63, 3.8) is 0 Å². The molecule has 1 amide bonds. The average molecular weight is 377 g/mol. The van der Waals surface area contributed by atoms with Crippen LogP contribution in [-0.2, 0) is 9.84 Å². The second-order valence-electron chi connectivity index (χ2n) is 6.26. The number of likely N-dealkylation sites (N-methyl/N-ethyl adjacent to an activating group) is 1. The van der Waals surface area contributed by atoms with Crippen molar-refractivity contribution in [1.29, 1.82) is 0 Å². The van der Waals surface area contributed by atoms with Gasteiger partial charge in [-0.25, -0.2) is 8.42 Å². The van der Waals surface area contributed by atoms with Gasteiger partial charge in [0.1, 0.15) is 0 Å². The normalized spacial score (nSPS) is 27.0. The molecule has 23 heavy (non-hydrogen) atoms. The van der Waals surface area contributed by atoms with Gasteiger partial charge in [0.25, 0.3) is 5.91 Å². The van der Waals surface area contributed by atoms with Crippen molar-refractivity contribution in [3.05, 3.63) is 33.3 Å². The Labute approximate surface area is 146 Å². The summed E-state index contributed by atoms with van der Waals surface area (Å²) in [5.74, 6) is -0.0944. The summed E-state index contributed by atoms with van der Waals surface area (Å²) < 4.78 is 24.0. The van der Waals surface area contributed by atoms with Gasteiger partial charge >= 0.3 is 0 Å². The first-order valence-electron chi connectivity index (χ1n) is 7.37. The van der Waals surface area contributed by atoms with E-state index in [0.29, 0.717) is 28.7 Å². The van der Waals surface area contributed by atoms with Crippen LogP contribution in [-0.4, -0.2) is 67.9 Å². The number of piperazine rings is 1. The highest BCUT2D eigenvalue weighted by Crippen LogP contribution is 2.30. The Kier molecular flexibility index (Phi) is 4.38. The van der Waals surface area contributed by atoms with E-state index in [1.807, 2.05) is 11.9 Å². The quantitative estimate of drug-likeness (QED) is 0.750. The van der Waals surface area contributed by atoms with Crippen LogP contribution in [0.1, 0.15) is 15.9 Å². The van der Waals surface area contributed by atoms with Crippen LogP contribution < -0.4 is 0 Å².